The first-order chi connectivity index (χ1) is 9.17. The molecule has 0 aliphatic heterocycles. The standard InChI is InChI=1S/C8H18Br2Si.C8H20Si/c1-5-11(6-2,7-3)8(4,9)10;1-5-9(6-2,7-3)8-4/h5-7H2,1-4H3;5-8H2,1-4H3. The minimum Gasteiger partial charge on any atom is -0.0769 e. The maximum absolute atomic E-state index is 3.76. The van der Waals surface area contributed by atoms with Gasteiger partial charge in [0, 0.05) is 0 Å². The zero-order valence-corrected chi connectivity index (χ0v) is 20.4. The van der Waals surface area contributed by atoms with E-state index in [4.69, 9.17) is 0 Å². The van der Waals surface area contributed by atoms with Crippen molar-refractivity contribution >= 4 is 48.0 Å². The third-order valence-electron chi connectivity index (χ3n) is 5.96. The Labute approximate surface area is 148 Å². The van der Waals surface area contributed by atoms with Crippen LogP contribution in [0.1, 0.15) is 55.4 Å². The van der Waals surface area contributed by atoms with Crippen LogP contribution in [0.2, 0.25) is 42.3 Å². The molecule has 124 valence electrons. The summed E-state index contributed by atoms with van der Waals surface area (Å²) in [6.45, 7) is 18.7. The Bertz CT molecular complexity index is 203. The topological polar surface area (TPSA) is 0 Å². The summed E-state index contributed by atoms with van der Waals surface area (Å²) in [4.78, 5) is 0. The molecule has 0 fully saturated rings. The van der Waals surface area contributed by atoms with Crippen molar-refractivity contribution in [2.75, 3.05) is 0 Å². The molecule has 20 heavy (non-hydrogen) atoms. The molecule has 0 radical (unpaired) electrons. The summed E-state index contributed by atoms with van der Waals surface area (Å²) in [6.07, 6.45) is 0. The second kappa shape index (κ2) is 11.0. The molecule has 0 amide bonds. The van der Waals surface area contributed by atoms with Crippen LogP contribution >= 0.6 is 31.9 Å². The largest absolute Gasteiger partial charge is 0.0848 e. The van der Waals surface area contributed by atoms with Gasteiger partial charge in [0.15, 0.2) is 0 Å². The number of halogens is 2. The predicted molar refractivity (Wildman–Crippen MR) is 111 cm³/mol. The van der Waals surface area contributed by atoms with Crippen molar-refractivity contribution in [3.63, 3.8) is 0 Å². The summed E-state index contributed by atoms with van der Waals surface area (Å²) >= 11 is 7.52. The number of rotatable bonds is 8. The highest BCUT2D eigenvalue weighted by Gasteiger charge is 2.42. The first-order valence-corrected chi connectivity index (χ1v) is 15.6. The third kappa shape index (κ3) is 6.66. The lowest BCUT2D eigenvalue weighted by Gasteiger charge is -2.38. The van der Waals surface area contributed by atoms with Crippen LogP contribution in [0, 0.1) is 0 Å². The fraction of sp³-hybridized carbons (Fsp3) is 1.00. The highest BCUT2D eigenvalue weighted by Crippen LogP contribution is 2.42. The van der Waals surface area contributed by atoms with Gasteiger partial charge in [0.05, 0.1) is 19.0 Å². The first kappa shape index (κ1) is 23.7. The van der Waals surface area contributed by atoms with E-state index in [1.807, 2.05) is 0 Å². The zero-order chi connectivity index (χ0) is 16.4. The molecule has 0 aromatic heterocycles. The molecule has 0 bridgehead atoms. The van der Waals surface area contributed by atoms with E-state index in [1.165, 1.54) is 42.3 Å². The van der Waals surface area contributed by atoms with Crippen molar-refractivity contribution in [3.8, 4) is 0 Å². The SMILES string of the molecule is CC[Si](CC)(CC)C(C)(Br)Br.CC[Si](CC)(CC)CC. The smallest absolute Gasteiger partial charge is 0.0769 e. The molecular weight excluding hydrogens is 408 g/mol. The Morgan fingerprint density at radius 3 is 0.850 bits per heavy atom. The normalized spacial score (nSPS) is 12.9. The van der Waals surface area contributed by atoms with Gasteiger partial charge in [-0.2, -0.15) is 0 Å². The zero-order valence-electron chi connectivity index (χ0n) is 15.2. The quantitative estimate of drug-likeness (QED) is 0.261. The molecule has 0 saturated carbocycles. The lowest BCUT2D eigenvalue weighted by Crippen LogP contribution is -2.47. The average molecular weight is 446 g/mol. The van der Waals surface area contributed by atoms with E-state index in [9.17, 15) is 0 Å². The van der Waals surface area contributed by atoms with Crippen molar-refractivity contribution in [2.24, 2.45) is 0 Å². The van der Waals surface area contributed by atoms with Gasteiger partial charge in [-0.3, -0.25) is 0 Å². The molecule has 4 heteroatoms. The van der Waals surface area contributed by atoms with Crippen LogP contribution < -0.4 is 0 Å². The Morgan fingerprint density at radius 1 is 0.600 bits per heavy atom. The Balaban J connectivity index is 0. The fourth-order valence-corrected chi connectivity index (χ4v) is 14.6. The van der Waals surface area contributed by atoms with Crippen molar-refractivity contribution < 1.29 is 0 Å². The van der Waals surface area contributed by atoms with Gasteiger partial charge in [0.2, 0.25) is 0 Å². The number of hydrogen-bond donors (Lipinski definition) is 0. The second-order valence-corrected chi connectivity index (χ2v) is 23.4. The van der Waals surface area contributed by atoms with Crippen molar-refractivity contribution in [2.45, 2.75) is 101 Å². The van der Waals surface area contributed by atoms with E-state index in [2.05, 4.69) is 87.2 Å². The molecule has 0 aromatic carbocycles. The summed E-state index contributed by atoms with van der Waals surface area (Å²) in [5, 5.41) is 0. The van der Waals surface area contributed by atoms with E-state index >= 15 is 0 Å². The molecule has 0 rings (SSSR count). The predicted octanol–water partition coefficient (Wildman–Crippen LogP) is 8.05. The van der Waals surface area contributed by atoms with Crippen LogP contribution in [0.3, 0.4) is 0 Å². The Hall–Kier alpha value is 1.39. The summed E-state index contributed by atoms with van der Waals surface area (Å²) in [5.41, 5.74) is 0. The van der Waals surface area contributed by atoms with E-state index in [0.717, 1.165) is 0 Å². The van der Waals surface area contributed by atoms with Crippen LogP contribution in [0.25, 0.3) is 0 Å². The van der Waals surface area contributed by atoms with E-state index in [-0.39, 0.29) is 2.86 Å². The molecule has 0 aliphatic rings. The summed E-state index contributed by atoms with van der Waals surface area (Å²) in [6, 6.07) is 9.99. The minimum atomic E-state index is -1.09. The molecule has 0 aliphatic carbocycles. The van der Waals surface area contributed by atoms with Crippen LogP contribution in [0.15, 0.2) is 0 Å². The Kier molecular flexibility index (Phi) is 13.0. The number of hydrogen-bond acceptors (Lipinski definition) is 0. The van der Waals surface area contributed by atoms with Crippen LogP contribution in [0.4, 0.5) is 0 Å². The van der Waals surface area contributed by atoms with Gasteiger partial charge in [-0.05, 0) is 6.92 Å². The van der Waals surface area contributed by atoms with E-state index in [1.54, 1.807) is 0 Å². The molecule has 0 heterocycles. The lowest BCUT2D eigenvalue weighted by atomic mass is 10.9. The summed E-state index contributed by atoms with van der Waals surface area (Å²) in [5.74, 6) is 0. The van der Waals surface area contributed by atoms with Crippen LogP contribution in [-0.4, -0.2) is 19.0 Å². The van der Waals surface area contributed by atoms with Gasteiger partial charge in [0.1, 0.15) is 0 Å². The van der Waals surface area contributed by atoms with Crippen LogP contribution in [-0.2, 0) is 0 Å². The highest BCUT2D eigenvalue weighted by molar-refractivity contribution is 9.26. The lowest BCUT2D eigenvalue weighted by molar-refractivity contribution is 1.07. The van der Waals surface area contributed by atoms with E-state index < -0.39 is 16.1 Å². The van der Waals surface area contributed by atoms with E-state index in [0.29, 0.717) is 0 Å². The monoisotopic (exact) mass is 444 g/mol. The molecule has 0 nitrogen and oxygen atoms in total. The average Bonchev–Trinajstić information content (AvgIpc) is 2.44. The van der Waals surface area contributed by atoms with Gasteiger partial charge in [-0.25, -0.2) is 0 Å². The van der Waals surface area contributed by atoms with Crippen LogP contribution in [0.5, 0.6) is 0 Å². The van der Waals surface area contributed by atoms with Gasteiger partial charge in [-0.15, -0.1) is 0 Å². The van der Waals surface area contributed by atoms with Crippen molar-refractivity contribution in [1.82, 2.24) is 0 Å². The molecular formula is C16H38Br2Si2. The Morgan fingerprint density at radius 2 is 0.850 bits per heavy atom. The third-order valence-corrected chi connectivity index (χ3v) is 22.9. The maximum atomic E-state index is 3.76. The highest BCUT2D eigenvalue weighted by atomic mass is 79.9. The molecule has 0 saturated heterocycles. The maximum Gasteiger partial charge on any atom is 0.0848 e. The van der Waals surface area contributed by atoms with Crippen molar-refractivity contribution in [3.05, 3.63) is 0 Å². The first-order valence-electron chi connectivity index (χ1n) is 8.55. The fourth-order valence-electron chi connectivity index (χ4n) is 3.18. The molecule has 0 N–H and O–H groups in total. The molecule has 0 unspecified atom stereocenters. The molecule has 0 aromatic rings. The summed E-state index contributed by atoms with van der Waals surface area (Å²) < 4.78 is 0.227. The molecule has 0 atom stereocenters. The second-order valence-electron chi connectivity index (χ2n) is 6.14. The summed E-state index contributed by atoms with van der Waals surface area (Å²) in [7, 11) is -1.78. The molecule has 0 spiro atoms. The minimum absolute atomic E-state index is 0.227. The van der Waals surface area contributed by atoms with Gasteiger partial charge in [0.25, 0.3) is 0 Å². The van der Waals surface area contributed by atoms with Gasteiger partial charge < -0.3 is 0 Å². The van der Waals surface area contributed by atoms with Gasteiger partial charge in [-0.1, -0.05) is 123 Å². The van der Waals surface area contributed by atoms with Crippen molar-refractivity contribution in [1.29, 1.82) is 0 Å². The van der Waals surface area contributed by atoms with Gasteiger partial charge >= 0.3 is 0 Å². The number of alkyl halides is 2.